The second-order valence-electron chi connectivity index (χ2n) is 5.14. The quantitative estimate of drug-likeness (QED) is 0.632. The lowest BCUT2D eigenvalue weighted by Crippen LogP contribution is -2.23. The van der Waals surface area contributed by atoms with E-state index in [9.17, 15) is 9.18 Å². The van der Waals surface area contributed by atoms with Gasteiger partial charge in [0.25, 0.3) is 0 Å². The van der Waals surface area contributed by atoms with Gasteiger partial charge in [0, 0.05) is 12.6 Å². The van der Waals surface area contributed by atoms with Crippen LogP contribution in [0, 0.1) is 5.82 Å². The van der Waals surface area contributed by atoms with Crippen LogP contribution in [0.25, 0.3) is 16.3 Å². The van der Waals surface area contributed by atoms with E-state index in [1.165, 1.54) is 12.1 Å². The van der Waals surface area contributed by atoms with E-state index in [1.807, 2.05) is 24.3 Å². The molecule has 0 aliphatic heterocycles. The van der Waals surface area contributed by atoms with E-state index in [2.05, 4.69) is 26.2 Å². The first kappa shape index (κ1) is 16.8. The molecular formula is C18H14BrFN2OS. The maximum Gasteiger partial charge on any atom is 0.244 e. The van der Waals surface area contributed by atoms with E-state index in [0.717, 1.165) is 20.8 Å². The van der Waals surface area contributed by atoms with E-state index >= 15 is 0 Å². The molecule has 2 aromatic carbocycles. The Kier molecular flexibility index (Phi) is 5.37. The van der Waals surface area contributed by atoms with Crippen molar-refractivity contribution in [1.29, 1.82) is 0 Å². The molecule has 1 amide bonds. The van der Waals surface area contributed by atoms with Crippen molar-refractivity contribution >= 4 is 49.5 Å². The normalized spacial score (nSPS) is 11.2. The molecule has 0 atom stereocenters. The number of rotatable bonds is 5. The lowest BCUT2D eigenvalue weighted by Gasteiger charge is -2.04. The number of thiazole rings is 1. The van der Waals surface area contributed by atoms with Gasteiger partial charge in [0.15, 0.2) is 0 Å². The van der Waals surface area contributed by atoms with E-state index in [1.54, 1.807) is 29.5 Å². The average molecular weight is 405 g/mol. The zero-order valence-electron chi connectivity index (χ0n) is 12.6. The van der Waals surface area contributed by atoms with Gasteiger partial charge in [-0.25, -0.2) is 9.37 Å². The third kappa shape index (κ3) is 4.27. The minimum Gasteiger partial charge on any atom is -0.352 e. The lowest BCUT2D eigenvalue weighted by molar-refractivity contribution is -0.116. The molecule has 0 unspecified atom stereocenters. The summed E-state index contributed by atoms with van der Waals surface area (Å²) in [6.07, 6.45) is 3.84. The molecule has 0 aliphatic rings. The fraction of sp³-hybridized carbons (Fsp3) is 0.111. The highest BCUT2D eigenvalue weighted by Gasteiger charge is 2.03. The number of halogens is 2. The Balaban J connectivity index is 1.52. The van der Waals surface area contributed by atoms with Crippen LogP contribution in [-0.2, 0) is 11.2 Å². The second-order valence-corrected chi connectivity index (χ2v) is 7.06. The van der Waals surface area contributed by atoms with E-state index in [-0.39, 0.29) is 11.7 Å². The van der Waals surface area contributed by atoms with Crippen molar-refractivity contribution in [2.45, 2.75) is 6.42 Å². The molecule has 24 heavy (non-hydrogen) atoms. The molecule has 122 valence electrons. The third-order valence-corrected chi connectivity index (χ3v) is 4.99. The largest absolute Gasteiger partial charge is 0.352 e. The molecule has 0 radical (unpaired) electrons. The molecule has 1 aromatic heterocycles. The zero-order valence-corrected chi connectivity index (χ0v) is 15.0. The molecule has 3 nitrogen and oxygen atoms in total. The van der Waals surface area contributed by atoms with Crippen molar-refractivity contribution in [3.05, 3.63) is 69.4 Å². The van der Waals surface area contributed by atoms with Crippen molar-refractivity contribution in [3.63, 3.8) is 0 Å². The first-order chi connectivity index (χ1) is 11.6. The Morgan fingerprint density at radius 3 is 2.92 bits per heavy atom. The molecule has 3 aromatic rings. The minimum absolute atomic E-state index is 0.171. The Labute approximate surface area is 151 Å². The monoisotopic (exact) mass is 404 g/mol. The fourth-order valence-corrected chi connectivity index (χ4v) is 3.49. The van der Waals surface area contributed by atoms with Gasteiger partial charge in [-0.15, -0.1) is 11.3 Å². The number of nitrogens with zero attached hydrogens (tertiary/aromatic N) is 1. The Morgan fingerprint density at radius 2 is 2.12 bits per heavy atom. The Morgan fingerprint density at radius 1 is 1.29 bits per heavy atom. The number of carbonyl (C=O) groups excluding carboxylic acids is 1. The van der Waals surface area contributed by atoms with Gasteiger partial charge >= 0.3 is 0 Å². The highest BCUT2D eigenvalue weighted by atomic mass is 79.9. The van der Waals surface area contributed by atoms with Gasteiger partial charge in [0.1, 0.15) is 10.8 Å². The van der Waals surface area contributed by atoms with Gasteiger partial charge in [-0.3, -0.25) is 4.79 Å². The summed E-state index contributed by atoms with van der Waals surface area (Å²) in [4.78, 5) is 16.3. The second kappa shape index (κ2) is 7.68. The molecular weight excluding hydrogens is 391 g/mol. The van der Waals surface area contributed by atoms with Crippen molar-refractivity contribution in [3.8, 4) is 0 Å². The summed E-state index contributed by atoms with van der Waals surface area (Å²) in [6, 6.07) is 12.7. The first-order valence-electron chi connectivity index (χ1n) is 7.37. The molecule has 1 heterocycles. The van der Waals surface area contributed by atoms with Crippen LogP contribution < -0.4 is 5.32 Å². The van der Waals surface area contributed by atoms with Crippen LogP contribution in [0.5, 0.6) is 0 Å². The van der Waals surface area contributed by atoms with Crippen LogP contribution in [0.1, 0.15) is 10.6 Å². The molecule has 3 rings (SSSR count). The van der Waals surface area contributed by atoms with Gasteiger partial charge < -0.3 is 5.32 Å². The zero-order chi connectivity index (χ0) is 16.9. The number of carbonyl (C=O) groups is 1. The molecule has 0 aliphatic carbocycles. The summed E-state index contributed by atoms with van der Waals surface area (Å²) in [5.41, 5.74) is 1.89. The van der Waals surface area contributed by atoms with Gasteiger partial charge in [0.05, 0.1) is 14.7 Å². The predicted molar refractivity (Wildman–Crippen MR) is 99.5 cm³/mol. The highest BCUT2D eigenvalue weighted by Crippen LogP contribution is 2.22. The maximum absolute atomic E-state index is 13.2. The molecule has 0 saturated carbocycles. The SMILES string of the molecule is O=C(/C=C/c1nc2ccccc2s1)NCCc1ccc(F)c(Br)c1. The number of benzene rings is 2. The molecule has 0 bridgehead atoms. The van der Waals surface area contributed by atoms with Gasteiger partial charge in [-0.05, 0) is 58.3 Å². The first-order valence-corrected chi connectivity index (χ1v) is 8.98. The topological polar surface area (TPSA) is 42.0 Å². The third-order valence-electron chi connectivity index (χ3n) is 3.38. The maximum atomic E-state index is 13.2. The smallest absolute Gasteiger partial charge is 0.244 e. The summed E-state index contributed by atoms with van der Waals surface area (Å²) in [6.45, 7) is 0.487. The predicted octanol–water partition coefficient (Wildman–Crippen LogP) is 4.57. The van der Waals surface area contributed by atoms with E-state index in [0.29, 0.717) is 17.4 Å². The van der Waals surface area contributed by atoms with Crippen LogP contribution in [-0.4, -0.2) is 17.4 Å². The Hall–Kier alpha value is -2.05. The number of nitrogens with one attached hydrogen (secondary N) is 1. The number of para-hydroxylation sites is 1. The number of aromatic nitrogens is 1. The van der Waals surface area contributed by atoms with Crippen molar-refractivity contribution in [1.82, 2.24) is 10.3 Å². The summed E-state index contributed by atoms with van der Waals surface area (Å²) < 4.78 is 14.7. The summed E-state index contributed by atoms with van der Waals surface area (Å²) in [5.74, 6) is -0.461. The fourth-order valence-electron chi connectivity index (χ4n) is 2.19. The van der Waals surface area contributed by atoms with Crippen LogP contribution in [0.2, 0.25) is 0 Å². The Bertz CT molecular complexity index is 874. The molecule has 0 saturated heterocycles. The van der Waals surface area contributed by atoms with Crippen LogP contribution in [0.4, 0.5) is 4.39 Å². The standard InChI is InChI=1S/C18H14BrFN2OS/c19-13-11-12(5-6-14(13)20)9-10-21-17(23)7-8-18-22-15-3-1-2-4-16(15)24-18/h1-8,11H,9-10H2,(H,21,23)/b8-7+. The molecule has 6 heteroatoms. The van der Waals surface area contributed by atoms with Crippen LogP contribution in [0.15, 0.2) is 53.0 Å². The van der Waals surface area contributed by atoms with Crippen molar-refractivity contribution in [2.24, 2.45) is 0 Å². The average Bonchev–Trinajstić information content (AvgIpc) is 2.99. The van der Waals surface area contributed by atoms with Crippen LogP contribution >= 0.6 is 27.3 Å². The van der Waals surface area contributed by atoms with E-state index < -0.39 is 0 Å². The van der Waals surface area contributed by atoms with Gasteiger partial charge in [-0.1, -0.05) is 18.2 Å². The lowest BCUT2D eigenvalue weighted by atomic mass is 10.1. The molecule has 1 N–H and O–H groups in total. The number of amides is 1. The van der Waals surface area contributed by atoms with Crippen molar-refractivity contribution < 1.29 is 9.18 Å². The molecule has 0 fully saturated rings. The summed E-state index contributed by atoms with van der Waals surface area (Å²) >= 11 is 4.70. The number of hydrogen-bond acceptors (Lipinski definition) is 3. The molecule has 0 spiro atoms. The number of fused-ring (bicyclic) bond motifs is 1. The van der Waals surface area contributed by atoms with Gasteiger partial charge in [0.2, 0.25) is 5.91 Å². The summed E-state index contributed by atoms with van der Waals surface area (Å²) in [7, 11) is 0. The van der Waals surface area contributed by atoms with Gasteiger partial charge in [-0.2, -0.15) is 0 Å². The van der Waals surface area contributed by atoms with Crippen LogP contribution in [0.3, 0.4) is 0 Å². The number of hydrogen-bond donors (Lipinski definition) is 1. The highest BCUT2D eigenvalue weighted by molar-refractivity contribution is 9.10. The van der Waals surface area contributed by atoms with E-state index in [4.69, 9.17) is 0 Å². The van der Waals surface area contributed by atoms with Crippen molar-refractivity contribution in [2.75, 3.05) is 6.54 Å². The summed E-state index contributed by atoms with van der Waals surface area (Å²) in [5, 5.41) is 3.61. The minimum atomic E-state index is -0.290.